The first-order chi connectivity index (χ1) is 9.70. The minimum atomic E-state index is 0.762. The number of halogens is 1. The summed E-state index contributed by atoms with van der Waals surface area (Å²) in [6.07, 6.45) is 3.69. The monoisotopic (exact) mass is 289 g/mol. The van der Waals surface area contributed by atoms with Gasteiger partial charge < -0.3 is 10.2 Å². The van der Waals surface area contributed by atoms with E-state index in [1.807, 2.05) is 24.4 Å². The highest BCUT2D eigenvalue weighted by atomic mass is 35.5. The third-order valence-electron chi connectivity index (χ3n) is 3.17. The van der Waals surface area contributed by atoms with Gasteiger partial charge in [-0.2, -0.15) is 0 Å². The van der Waals surface area contributed by atoms with Crippen LogP contribution in [0.4, 0.5) is 5.69 Å². The van der Waals surface area contributed by atoms with Gasteiger partial charge in [-0.3, -0.25) is 4.98 Å². The molecule has 0 bridgehead atoms. The number of nitrogens with one attached hydrogen (secondary N) is 1. The van der Waals surface area contributed by atoms with Crippen molar-refractivity contribution in [2.75, 3.05) is 18.5 Å². The van der Waals surface area contributed by atoms with E-state index in [0.29, 0.717) is 0 Å². The summed E-state index contributed by atoms with van der Waals surface area (Å²) in [4.78, 5) is 6.36. The number of aromatic nitrogens is 1. The molecule has 1 heterocycles. The molecule has 0 amide bonds. The number of benzene rings is 1. The predicted octanol–water partition coefficient (Wildman–Crippen LogP) is 3.48. The topological polar surface area (TPSA) is 28.2 Å². The van der Waals surface area contributed by atoms with Crippen LogP contribution in [0.1, 0.15) is 18.1 Å². The summed E-state index contributed by atoms with van der Waals surface area (Å²) in [5.41, 5.74) is 3.59. The van der Waals surface area contributed by atoms with Crippen LogP contribution in [0.3, 0.4) is 0 Å². The van der Waals surface area contributed by atoms with E-state index in [-0.39, 0.29) is 0 Å². The lowest BCUT2D eigenvalue weighted by Gasteiger charge is -2.23. The van der Waals surface area contributed by atoms with Gasteiger partial charge in [0.1, 0.15) is 0 Å². The Bertz CT molecular complexity index is 543. The van der Waals surface area contributed by atoms with Gasteiger partial charge in [0.05, 0.1) is 0 Å². The lowest BCUT2D eigenvalue weighted by molar-refractivity contribution is 0.723. The van der Waals surface area contributed by atoms with Crippen molar-refractivity contribution in [1.82, 2.24) is 10.3 Å². The van der Waals surface area contributed by atoms with Crippen molar-refractivity contribution < 1.29 is 0 Å². The quantitative estimate of drug-likeness (QED) is 0.882. The zero-order valence-corrected chi connectivity index (χ0v) is 12.7. The maximum Gasteiger partial charge on any atom is 0.0441 e. The third-order valence-corrected chi connectivity index (χ3v) is 3.40. The minimum absolute atomic E-state index is 0.762. The van der Waals surface area contributed by atoms with Crippen LogP contribution in [-0.4, -0.2) is 18.6 Å². The second kappa shape index (κ2) is 7.27. The number of hydrogen-bond acceptors (Lipinski definition) is 3. The minimum Gasteiger partial charge on any atom is -0.370 e. The first-order valence-electron chi connectivity index (χ1n) is 6.80. The van der Waals surface area contributed by atoms with E-state index < -0.39 is 0 Å². The van der Waals surface area contributed by atoms with Crippen LogP contribution in [0.2, 0.25) is 5.02 Å². The van der Waals surface area contributed by atoms with Gasteiger partial charge in [0.25, 0.3) is 0 Å². The molecule has 1 N–H and O–H groups in total. The highest BCUT2D eigenvalue weighted by Crippen LogP contribution is 2.25. The summed E-state index contributed by atoms with van der Waals surface area (Å²) in [5, 5.41) is 4.12. The second-order valence-electron chi connectivity index (χ2n) is 4.77. The highest BCUT2D eigenvalue weighted by molar-refractivity contribution is 6.30. The Morgan fingerprint density at radius 1 is 1.30 bits per heavy atom. The molecule has 0 unspecified atom stereocenters. The van der Waals surface area contributed by atoms with Crippen molar-refractivity contribution in [1.29, 1.82) is 0 Å². The molecule has 0 aliphatic heterocycles. The second-order valence-corrected chi connectivity index (χ2v) is 5.21. The van der Waals surface area contributed by atoms with Gasteiger partial charge in [0, 0.05) is 43.2 Å². The predicted molar refractivity (Wildman–Crippen MR) is 85.2 cm³/mol. The van der Waals surface area contributed by atoms with Gasteiger partial charge >= 0.3 is 0 Å². The molecule has 0 aliphatic rings. The summed E-state index contributed by atoms with van der Waals surface area (Å²) in [5.74, 6) is 0. The number of nitrogens with zero attached hydrogens (tertiary/aromatic N) is 2. The molecule has 1 aromatic carbocycles. The van der Waals surface area contributed by atoms with Crippen LogP contribution in [0.5, 0.6) is 0 Å². The van der Waals surface area contributed by atoms with Crippen LogP contribution >= 0.6 is 11.6 Å². The maximum atomic E-state index is 6.14. The first-order valence-corrected chi connectivity index (χ1v) is 7.17. The fraction of sp³-hybridized carbons (Fsp3) is 0.312. The molecular weight excluding hydrogens is 270 g/mol. The number of hydrogen-bond donors (Lipinski definition) is 1. The van der Waals surface area contributed by atoms with Crippen molar-refractivity contribution in [2.45, 2.75) is 20.0 Å². The van der Waals surface area contributed by atoms with E-state index >= 15 is 0 Å². The van der Waals surface area contributed by atoms with Crippen LogP contribution in [0, 0.1) is 0 Å². The van der Waals surface area contributed by atoms with Gasteiger partial charge in [-0.15, -0.1) is 0 Å². The van der Waals surface area contributed by atoms with Crippen LogP contribution < -0.4 is 10.2 Å². The molecule has 0 radical (unpaired) electrons. The molecule has 0 spiro atoms. The van der Waals surface area contributed by atoms with Crippen molar-refractivity contribution >= 4 is 17.3 Å². The van der Waals surface area contributed by atoms with E-state index in [0.717, 1.165) is 30.3 Å². The average molecular weight is 290 g/mol. The molecule has 0 saturated heterocycles. The SMILES string of the molecule is CCNCc1ccc(Cl)cc1N(C)Cc1cccnc1. The van der Waals surface area contributed by atoms with Crippen molar-refractivity contribution in [3.8, 4) is 0 Å². The summed E-state index contributed by atoms with van der Waals surface area (Å²) < 4.78 is 0. The standard InChI is InChI=1S/C16H20ClN3/c1-3-18-11-14-6-7-15(17)9-16(14)20(2)12-13-5-4-8-19-10-13/h4-10,18H,3,11-12H2,1-2H3. The zero-order chi connectivity index (χ0) is 14.4. The van der Waals surface area contributed by atoms with Gasteiger partial charge in [-0.1, -0.05) is 30.7 Å². The maximum absolute atomic E-state index is 6.14. The van der Waals surface area contributed by atoms with E-state index in [9.17, 15) is 0 Å². The highest BCUT2D eigenvalue weighted by Gasteiger charge is 2.09. The molecule has 2 rings (SSSR count). The summed E-state index contributed by atoms with van der Waals surface area (Å²) in [7, 11) is 2.08. The summed E-state index contributed by atoms with van der Waals surface area (Å²) in [6, 6.07) is 10.1. The molecule has 0 atom stereocenters. The average Bonchev–Trinajstić information content (AvgIpc) is 2.47. The smallest absolute Gasteiger partial charge is 0.0441 e. The van der Waals surface area contributed by atoms with E-state index in [1.165, 1.54) is 11.1 Å². The first kappa shape index (κ1) is 14.8. The Balaban J connectivity index is 2.19. The molecule has 0 fully saturated rings. The molecule has 1 aromatic heterocycles. The van der Waals surface area contributed by atoms with Crippen LogP contribution in [-0.2, 0) is 13.1 Å². The molecule has 2 aromatic rings. The molecular formula is C16H20ClN3. The Morgan fingerprint density at radius 2 is 2.15 bits per heavy atom. The van der Waals surface area contributed by atoms with Crippen LogP contribution in [0.25, 0.3) is 0 Å². The van der Waals surface area contributed by atoms with Crippen molar-refractivity contribution in [2.24, 2.45) is 0 Å². The van der Waals surface area contributed by atoms with E-state index in [2.05, 4.69) is 41.3 Å². The number of anilines is 1. The normalized spacial score (nSPS) is 10.6. The molecule has 106 valence electrons. The molecule has 0 saturated carbocycles. The lowest BCUT2D eigenvalue weighted by atomic mass is 10.1. The van der Waals surface area contributed by atoms with Crippen LogP contribution in [0.15, 0.2) is 42.7 Å². The fourth-order valence-electron chi connectivity index (χ4n) is 2.15. The van der Waals surface area contributed by atoms with Gasteiger partial charge in [0.15, 0.2) is 0 Å². The third kappa shape index (κ3) is 3.95. The van der Waals surface area contributed by atoms with E-state index in [1.54, 1.807) is 6.20 Å². The largest absolute Gasteiger partial charge is 0.370 e. The number of rotatable bonds is 6. The van der Waals surface area contributed by atoms with Gasteiger partial charge in [-0.05, 0) is 35.9 Å². The Labute approximate surface area is 125 Å². The van der Waals surface area contributed by atoms with Gasteiger partial charge in [0.2, 0.25) is 0 Å². The van der Waals surface area contributed by atoms with Gasteiger partial charge in [-0.25, -0.2) is 0 Å². The molecule has 0 aliphatic carbocycles. The zero-order valence-electron chi connectivity index (χ0n) is 11.9. The lowest BCUT2D eigenvalue weighted by Crippen LogP contribution is -2.20. The summed E-state index contributed by atoms with van der Waals surface area (Å²) >= 11 is 6.14. The Kier molecular flexibility index (Phi) is 5.39. The molecule has 4 heteroatoms. The Morgan fingerprint density at radius 3 is 2.85 bits per heavy atom. The van der Waals surface area contributed by atoms with E-state index in [4.69, 9.17) is 11.6 Å². The molecule has 3 nitrogen and oxygen atoms in total. The van der Waals surface area contributed by atoms with Crippen molar-refractivity contribution in [3.63, 3.8) is 0 Å². The molecule has 20 heavy (non-hydrogen) atoms. The van der Waals surface area contributed by atoms with Crippen molar-refractivity contribution in [3.05, 3.63) is 58.9 Å². The Hall–Kier alpha value is -1.58. The summed E-state index contributed by atoms with van der Waals surface area (Å²) in [6.45, 7) is 4.72. The fourth-order valence-corrected chi connectivity index (χ4v) is 2.32. The number of pyridine rings is 1.